The van der Waals surface area contributed by atoms with Gasteiger partial charge in [-0.25, -0.2) is 4.98 Å². The third-order valence-electron chi connectivity index (χ3n) is 1.94. The molecule has 5 nitrogen and oxygen atoms in total. The lowest BCUT2D eigenvalue weighted by molar-refractivity contribution is 0.103. The minimum Gasteiger partial charge on any atom is -0.318 e. The summed E-state index contributed by atoms with van der Waals surface area (Å²) >= 11 is 6.91. The van der Waals surface area contributed by atoms with Crippen LogP contribution in [0.1, 0.15) is 15.2 Å². The fourth-order valence-electron chi connectivity index (χ4n) is 1.12. The second-order valence-corrected chi connectivity index (χ2v) is 4.17. The molecule has 0 aliphatic carbocycles. The van der Waals surface area contributed by atoms with Crippen LogP contribution in [0.5, 0.6) is 0 Å². The van der Waals surface area contributed by atoms with E-state index in [-0.39, 0.29) is 11.1 Å². The van der Waals surface area contributed by atoms with E-state index in [2.05, 4.69) is 19.9 Å². The lowest BCUT2D eigenvalue weighted by Crippen LogP contribution is -2.12. The molecule has 0 unspecified atom stereocenters. The van der Waals surface area contributed by atoms with Gasteiger partial charge in [0.25, 0.3) is 5.91 Å². The SMILES string of the molecule is Cc1ccnc(Cl)c1NC(=O)c1cnns1. The van der Waals surface area contributed by atoms with Crippen molar-refractivity contribution in [1.82, 2.24) is 14.6 Å². The van der Waals surface area contributed by atoms with Crippen molar-refractivity contribution in [3.05, 3.63) is 34.1 Å². The van der Waals surface area contributed by atoms with Crippen LogP contribution in [0.25, 0.3) is 0 Å². The van der Waals surface area contributed by atoms with Gasteiger partial charge in [-0.3, -0.25) is 4.79 Å². The van der Waals surface area contributed by atoms with E-state index in [0.717, 1.165) is 17.1 Å². The largest absolute Gasteiger partial charge is 0.318 e. The molecule has 0 spiro atoms. The number of hydrogen-bond donors (Lipinski definition) is 1. The number of pyridine rings is 1. The second-order valence-electron chi connectivity index (χ2n) is 3.03. The Morgan fingerprint density at radius 1 is 1.56 bits per heavy atom. The Labute approximate surface area is 101 Å². The summed E-state index contributed by atoms with van der Waals surface area (Å²) in [5, 5.41) is 6.54. The van der Waals surface area contributed by atoms with E-state index in [9.17, 15) is 4.79 Å². The van der Waals surface area contributed by atoms with E-state index in [1.807, 2.05) is 6.92 Å². The van der Waals surface area contributed by atoms with Gasteiger partial charge in [0.05, 0.1) is 11.9 Å². The topological polar surface area (TPSA) is 67.8 Å². The average molecular weight is 255 g/mol. The molecule has 1 amide bonds. The van der Waals surface area contributed by atoms with Crippen molar-refractivity contribution in [3.8, 4) is 0 Å². The number of anilines is 1. The molecule has 82 valence electrons. The van der Waals surface area contributed by atoms with Gasteiger partial charge in [-0.1, -0.05) is 16.1 Å². The summed E-state index contributed by atoms with van der Waals surface area (Å²) in [6.07, 6.45) is 2.99. The molecular weight excluding hydrogens is 248 g/mol. The first-order valence-corrected chi connectivity index (χ1v) is 5.53. The Morgan fingerprint density at radius 2 is 2.38 bits per heavy atom. The molecule has 0 radical (unpaired) electrons. The van der Waals surface area contributed by atoms with Crippen LogP contribution >= 0.6 is 23.1 Å². The highest BCUT2D eigenvalue weighted by Gasteiger charge is 2.12. The number of rotatable bonds is 2. The molecule has 0 aromatic carbocycles. The van der Waals surface area contributed by atoms with Gasteiger partial charge in [-0.2, -0.15) is 0 Å². The molecule has 0 aliphatic heterocycles. The van der Waals surface area contributed by atoms with Crippen LogP contribution in [-0.4, -0.2) is 20.5 Å². The highest BCUT2D eigenvalue weighted by Crippen LogP contribution is 2.23. The minimum atomic E-state index is -0.284. The van der Waals surface area contributed by atoms with Gasteiger partial charge < -0.3 is 5.32 Å². The van der Waals surface area contributed by atoms with Crippen LogP contribution in [0.4, 0.5) is 5.69 Å². The number of nitrogens with one attached hydrogen (secondary N) is 1. The molecule has 2 rings (SSSR count). The van der Waals surface area contributed by atoms with Gasteiger partial charge >= 0.3 is 0 Å². The summed E-state index contributed by atoms with van der Waals surface area (Å²) in [4.78, 5) is 16.0. The van der Waals surface area contributed by atoms with E-state index in [4.69, 9.17) is 11.6 Å². The fourth-order valence-corrected chi connectivity index (χ4v) is 1.78. The lowest BCUT2D eigenvalue weighted by atomic mass is 10.2. The van der Waals surface area contributed by atoms with Crippen molar-refractivity contribution in [2.24, 2.45) is 0 Å². The highest BCUT2D eigenvalue weighted by atomic mass is 35.5. The zero-order valence-electron chi connectivity index (χ0n) is 8.27. The van der Waals surface area contributed by atoms with Crippen LogP contribution in [-0.2, 0) is 0 Å². The molecule has 0 bridgehead atoms. The summed E-state index contributed by atoms with van der Waals surface area (Å²) in [6, 6.07) is 1.77. The van der Waals surface area contributed by atoms with Gasteiger partial charge in [0.2, 0.25) is 0 Å². The molecule has 2 aromatic rings. The summed E-state index contributed by atoms with van der Waals surface area (Å²) in [5.74, 6) is -0.284. The van der Waals surface area contributed by atoms with E-state index in [1.165, 1.54) is 6.20 Å². The average Bonchev–Trinajstić information content (AvgIpc) is 2.76. The molecule has 0 fully saturated rings. The van der Waals surface area contributed by atoms with Gasteiger partial charge in [0.1, 0.15) is 4.88 Å². The quantitative estimate of drug-likeness (QED) is 0.834. The Hall–Kier alpha value is -1.53. The smallest absolute Gasteiger partial charge is 0.269 e. The molecule has 1 N–H and O–H groups in total. The van der Waals surface area contributed by atoms with Crippen molar-refractivity contribution >= 4 is 34.7 Å². The number of hydrogen-bond acceptors (Lipinski definition) is 5. The monoisotopic (exact) mass is 254 g/mol. The molecule has 7 heteroatoms. The Kier molecular flexibility index (Phi) is 3.12. The minimum absolute atomic E-state index is 0.269. The molecule has 0 saturated carbocycles. The van der Waals surface area contributed by atoms with E-state index < -0.39 is 0 Å². The number of aromatic nitrogens is 3. The van der Waals surface area contributed by atoms with Gasteiger partial charge in [-0.15, -0.1) is 5.10 Å². The third kappa shape index (κ3) is 2.17. The Morgan fingerprint density at radius 3 is 3.00 bits per heavy atom. The molecule has 0 atom stereocenters. The van der Waals surface area contributed by atoms with Gasteiger partial charge in [-0.05, 0) is 30.1 Å². The zero-order chi connectivity index (χ0) is 11.5. The molecule has 2 aromatic heterocycles. The number of amides is 1. The number of carbonyl (C=O) groups is 1. The van der Waals surface area contributed by atoms with Crippen molar-refractivity contribution in [2.45, 2.75) is 6.92 Å². The summed E-state index contributed by atoms with van der Waals surface area (Å²) in [7, 11) is 0. The number of nitrogens with zero attached hydrogens (tertiary/aromatic N) is 3. The number of carbonyl (C=O) groups excluding carboxylic acids is 1. The van der Waals surface area contributed by atoms with E-state index in [1.54, 1.807) is 12.3 Å². The first-order valence-electron chi connectivity index (χ1n) is 4.38. The van der Waals surface area contributed by atoms with Crippen LogP contribution in [0.2, 0.25) is 5.15 Å². The summed E-state index contributed by atoms with van der Waals surface area (Å²) in [6.45, 7) is 1.84. The summed E-state index contributed by atoms with van der Waals surface area (Å²) < 4.78 is 3.61. The van der Waals surface area contributed by atoms with Crippen molar-refractivity contribution in [1.29, 1.82) is 0 Å². The standard InChI is InChI=1S/C9H7ClN4OS/c1-5-2-3-11-8(10)7(5)13-9(15)6-4-12-14-16-6/h2-4H,1H3,(H,13,15). The van der Waals surface area contributed by atoms with Crippen LogP contribution in [0.15, 0.2) is 18.5 Å². The number of aryl methyl sites for hydroxylation is 1. The molecule has 0 aliphatic rings. The van der Waals surface area contributed by atoms with Crippen molar-refractivity contribution in [2.75, 3.05) is 5.32 Å². The summed E-state index contributed by atoms with van der Waals surface area (Å²) in [5.41, 5.74) is 1.37. The van der Waals surface area contributed by atoms with Crippen LogP contribution in [0.3, 0.4) is 0 Å². The maximum atomic E-state index is 11.7. The number of halogens is 1. The van der Waals surface area contributed by atoms with E-state index >= 15 is 0 Å². The lowest BCUT2D eigenvalue weighted by Gasteiger charge is -2.07. The predicted octanol–water partition coefficient (Wildman–Crippen LogP) is 2.15. The van der Waals surface area contributed by atoms with Crippen LogP contribution < -0.4 is 5.32 Å². The highest BCUT2D eigenvalue weighted by molar-refractivity contribution is 7.07. The van der Waals surface area contributed by atoms with E-state index in [0.29, 0.717) is 10.6 Å². The van der Waals surface area contributed by atoms with Crippen molar-refractivity contribution in [3.63, 3.8) is 0 Å². The molecular formula is C9H7ClN4OS. The third-order valence-corrected chi connectivity index (χ3v) is 2.89. The van der Waals surface area contributed by atoms with Gasteiger partial charge in [0, 0.05) is 6.20 Å². The normalized spacial score (nSPS) is 10.1. The molecule has 0 saturated heterocycles. The predicted molar refractivity (Wildman–Crippen MR) is 61.8 cm³/mol. The second kappa shape index (κ2) is 4.54. The Bertz CT molecular complexity index is 494. The van der Waals surface area contributed by atoms with Gasteiger partial charge in [0.15, 0.2) is 5.15 Å². The molecule has 16 heavy (non-hydrogen) atoms. The maximum Gasteiger partial charge on any atom is 0.269 e. The fraction of sp³-hybridized carbons (Fsp3) is 0.111. The Balaban J connectivity index is 2.25. The zero-order valence-corrected chi connectivity index (χ0v) is 9.84. The van der Waals surface area contributed by atoms with Crippen LogP contribution in [0, 0.1) is 6.92 Å². The first kappa shape index (κ1) is 11.0. The molecule has 2 heterocycles. The maximum absolute atomic E-state index is 11.7. The first-order chi connectivity index (χ1) is 7.68. The van der Waals surface area contributed by atoms with Crippen molar-refractivity contribution < 1.29 is 4.79 Å².